The number of hydrazone groups is 1. The molecule has 5 heteroatoms. The first-order valence-corrected chi connectivity index (χ1v) is 9.54. The van der Waals surface area contributed by atoms with Crippen molar-refractivity contribution >= 4 is 23.2 Å². The summed E-state index contributed by atoms with van der Waals surface area (Å²) in [5.74, 6) is 0.0405. The summed E-state index contributed by atoms with van der Waals surface area (Å²) in [5.41, 5.74) is 3.73. The van der Waals surface area contributed by atoms with Crippen LogP contribution in [-0.4, -0.2) is 47.7 Å². The van der Waals surface area contributed by atoms with Crippen molar-refractivity contribution in [3.05, 3.63) is 70.2 Å². The van der Waals surface area contributed by atoms with Crippen LogP contribution in [0.4, 0.5) is 0 Å². The molecule has 2 aliphatic rings. The highest BCUT2D eigenvalue weighted by Gasteiger charge is 2.24. The Morgan fingerprint density at radius 1 is 1.00 bits per heavy atom. The Morgan fingerprint density at radius 3 is 2.54 bits per heavy atom. The van der Waals surface area contributed by atoms with Gasteiger partial charge >= 0.3 is 0 Å². The molecule has 0 N–H and O–H groups in total. The normalized spacial score (nSPS) is 17.8. The van der Waals surface area contributed by atoms with Crippen LogP contribution >= 0.6 is 11.6 Å². The Morgan fingerprint density at radius 2 is 1.77 bits per heavy atom. The number of carbonyl (C=O) groups is 1. The van der Waals surface area contributed by atoms with Gasteiger partial charge in [0.15, 0.2) is 0 Å². The zero-order chi connectivity index (χ0) is 17.9. The molecule has 0 radical (unpaired) electrons. The smallest absolute Gasteiger partial charge is 0.247 e. The lowest BCUT2D eigenvalue weighted by molar-refractivity contribution is -0.130. The van der Waals surface area contributed by atoms with Crippen molar-refractivity contribution < 1.29 is 4.79 Å². The predicted octanol–water partition coefficient (Wildman–Crippen LogP) is 3.57. The fourth-order valence-corrected chi connectivity index (χ4v) is 3.81. The van der Waals surface area contributed by atoms with Gasteiger partial charge in [0.25, 0.3) is 0 Å². The Labute approximate surface area is 159 Å². The van der Waals surface area contributed by atoms with Gasteiger partial charge in [0.2, 0.25) is 5.91 Å². The van der Waals surface area contributed by atoms with E-state index in [1.165, 1.54) is 12.8 Å². The molecule has 1 saturated heterocycles. The Balaban J connectivity index is 1.70. The first-order chi connectivity index (χ1) is 12.7. The van der Waals surface area contributed by atoms with Crippen LogP contribution in [0.1, 0.15) is 29.5 Å². The number of nitrogens with zero attached hydrogens (tertiary/aromatic N) is 3. The lowest BCUT2D eigenvalue weighted by Gasteiger charge is -2.21. The number of carbonyl (C=O) groups excluding carboxylic acids is 1. The standard InChI is InChI=1S/C21H22ClN3O/c22-18-9-8-17-14-20(26)25(13-12-24-10-4-5-11-24)23-21(19(17)15-18)16-6-2-1-3-7-16/h1-3,6-9,15H,4-5,10-14H2. The summed E-state index contributed by atoms with van der Waals surface area (Å²) in [5, 5.41) is 7.09. The second-order valence-electron chi connectivity index (χ2n) is 6.86. The van der Waals surface area contributed by atoms with Crippen molar-refractivity contribution in [1.29, 1.82) is 0 Å². The average Bonchev–Trinajstić information content (AvgIpc) is 3.13. The van der Waals surface area contributed by atoms with E-state index in [0.717, 1.165) is 42.0 Å². The van der Waals surface area contributed by atoms with E-state index in [4.69, 9.17) is 16.7 Å². The van der Waals surface area contributed by atoms with Crippen molar-refractivity contribution in [2.75, 3.05) is 26.2 Å². The van der Waals surface area contributed by atoms with Gasteiger partial charge in [-0.25, -0.2) is 5.01 Å². The average molecular weight is 368 g/mol. The number of benzene rings is 2. The number of hydrogen-bond donors (Lipinski definition) is 0. The van der Waals surface area contributed by atoms with E-state index in [9.17, 15) is 4.79 Å². The molecule has 4 rings (SSSR count). The highest BCUT2D eigenvalue weighted by molar-refractivity contribution is 6.31. The number of rotatable bonds is 4. The van der Waals surface area contributed by atoms with E-state index in [1.54, 1.807) is 5.01 Å². The third-order valence-corrected chi connectivity index (χ3v) is 5.29. The molecular weight excluding hydrogens is 346 g/mol. The van der Waals surface area contributed by atoms with Gasteiger partial charge in [-0.1, -0.05) is 48.0 Å². The van der Waals surface area contributed by atoms with Gasteiger partial charge in [-0.15, -0.1) is 0 Å². The molecule has 0 saturated carbocycles. The fourth-order valence-electron chi connectivity index (χ4n) is 3.63. The van der Waals surface area contributed by atoms with Crippen molar-refractivity contribution in [2.45, 2.75) is 19.3 Å². The molecule has 2 heterocycles. The van der Waals surface area contributed by atoms with E-state index in [2.05, 4.69) is 4.90 Å². The van der Waals surface area contributed by atoms with Gasteiger partial charge in [-0.3, -0.25) is 4.79 Å². The summed E-state index contributed by atoms with van der Waals surface area (Å²) < 4.78 is 0. The van der Waals surface area contributed by atoms with Gasteiger partial charge in [0, 0.05) is 22.7 Å². The van der Waals surface area contributed by atoms with Crippen LogP contribution in [0.25, 0.3) is 0 Å². The summed E-state index contributed by atoms with van der Waals surface area (Å²) in [4.78, 5) is 15.2. The summed E-state index contributed by atoms with van der Waals surface area (Å²) >= 11 is 6.24. The first-order valence-electron chi connectivity index (χ1n) is 9.16. The molecule has 1 amide bonds. The van der Waals surface area contributed by atoms with Gasteiger partial charge in [-0.2, -0.15) is 5.10 Å². The zero-order valence-corrected chi connectivity index (χ0v) is 15.5. The minimum absolute atomic E-state index is 0.0405. The Kier molecular flexibility index (Phi) is 5.05. The fraction of sp³-hybridized carbons (Fsp3) is 0.333. The molecule has 0 aliphatic carbocycles. The van der Waals surface area contributed by atoms with E-state index < -0.39 is 0 Å². The van der Waals surface area contributed by atoms with Crippen LogP contribution in [0.2, 0.25) is 5.02 Å². The maximum atomic E-state index is 12.8. The van der Waals surface area contributed by atoms with Crippen molar-refractivity contribution in [1.82, 2.24) is 9.91 Å². The molecule has 2 aromatic carbocycles. The van der Waals surface area contributed by atoms with E-state index in [0.29, 0.717) is 18.0 Å². The molecule has 26 heavy (non-hydrogen) atoms. The van der Waals surface area contributed by atoms with E-state index >= 15 is 0 Å². The third kappa shape index (κ3) is 3.67. The van der Waals surface area contributed by atoms with Gasteiger partial charge < -0.3 is 4.90 Å². The molecule has 4 nitrogen and oxygen atoms in total. The second kappa shape index (κ2) is 7.60. The number of amides is 1. The van der Waals surface area contributed by atoms with Crippen LogP contribution in [-0.2, 0) is 11.2 Å². The monoisotopic (exact) mass is 367 g/mol. The lowest BCUT2D eigenvalue weighted by atomic mass is 9.96. The molecule has 2 aliphatic heterocycles. The van der Waals surface area contributed by atoms with Crippen LogP contribution in [0, 0.1) is 0 Å². The van der Waals surface area contributed by atoms with Crippen LogP contribution in [0.3, 0.4) is 0 Å². The Bertz CT molecular complexity index is 828. The highest BCUT2D eigenvalue weighted by atomic mass is 35.5. The molecule has 0 unspecified atom stereocenters. The summed E-state index contributed by atoms with van der Waals surface area (Å²) in [6.07, 6.45) is 2.85. The van der Waals surface area contributed by atoms with Gasteiger partial charge in [0.05, 0.1) is 18.7 Å². The first kappa shape index (κ1) is 17.3. The predicted molar refractivity (Wildman–Crippen MR) is 105 cm³/mol. The summed E-state index contributed by atoms with van der Waals surface area (Å²) in [6.45, 7) is 3.73. The SMILES string of the molecule is O=C1Cc2ccc(Cl)cc2C(c2ccccc2)=NN1CCN1CCCC1. The van der Waals surface area contributed by atoms with Crippen LogP contribution in [0.15, 0.2) is 53.6 Å². The maximum absolute atomic E-state index is 12.8. The van der Waals surface area contributed by atoms with Crippen molar-refractivity contribution in [2.24, 2.45) is 5.10 Å². The van der Waals surface area contributed by atoms with Crippen molar-refractivity contribution in [3.8, 4) is 0 Å². The van der Waals surface area contributed by atoms with E-state index in [-0.39, 0.29) is 5.91 Å². The number of fused-ring (bicyclic) bond motifs is 1. The quantitative estimate of drug-likeness (QED) is 0.828. The molecule has 0 bridgehead atoms. The zero-order valence-electron chi connectivity index (χ0n) is 14.7. The number of likely N-dealkylation sites (tertiary alicyclic amines) is 1. The van der Waals surface area contributed by atoms with Gasteiger partial charge in [-0.05, 0) is 43.6 Å². The maximum Gasteiger partial charge on any atom is 0.247 e. The molecule has 0 atom stereocenters. The second-order valence-corrected chi connectivity index (χ2v) is 7.29. The molecule has 0 aromatic heterocycles. The summed E-state index contributed by atoms with van der Waals surface area (Å²) in [6, 6.07) is 15.7. The molecule has 2 aromatic rings. The topological polar surface area (TPSA) is 35.9 Å². The minimum Gasteiger partial charge on any atom is -0.301 e. The molecule has 0 spiro atoms. The summed E-state index contributed by atoms with van der Waals surface area (Å²) in [7, 11) is 0. The third-order valence-electron chi connectivity index (χ3n) is 5.05. The van der Waals surface area contributed by atoms with E-state index in [1.807, 2.05) is 48.5 Å². The van der Waals surface area contributed by atoms with Crippen LogP contribution in [0.5, 0.6) is 0 Å². The molecular formula is C21H22ClN3O. The van der Waals surface area contributed by atoms with Crippen LogP contribution < -0.4 is 0 Å². The largest absolute Gasteiger partial charge is 0.301 e. The van der Waals surface area contributed by atoms with Crippen molar-refractivity contribution in [3.63, 3.8) is 0 Å². The lowest BCUT2D eigenvalue weighted by Crippen LogP contribution is -2.35. The Hall–Kier alpha value is -2.17. The molecule has 1 fully saturated rings. The minimum atomic E-state index is 0.0405. The number of hydrogen-bond acceptors (Lipinski definition) is 3. The number of halogens is 1. The van der Waals surface area contributed by atoms with Gasteiger partial charge in [0.1, 0.15) is 0 Å². The molecule has 134 valence electrons. The highest BCUT2D eigenvalue weighted by Crippen LogP contribution is 2.24.